The Kier molecular flexibility index (Phi) is 3.20. The van der Waals surface area contributed by atoms with E-state index in [2.05, 4.69) is 9.97 Å². The molecule has 1 aromatic heterocycles. The van der Waals surface area contributed by atoms with E-state index in [0.29, 0.717) is 5.82 Å². The molecule has 5 heteroatoms. The van der Waals surface area contributed by atoms with Crippen molar-refractivity contribution in [2.24, 2.45) is 0 Å². The standard InChI is InChI=1S/C13H10FN3O/c1-8-3-4-11(14)12(5-8)18-13-10(6-15)7-16-9(2)17-13/h3-5,7H,1-2H3. The molecule has 0 radical (unpaired) electrons. The molecule has 0 aliphatic carbocycles. The van der Waals surface area contributed by atoms with E-state index in [4.69, 9.17) is 10.00 Å². The van der Waals surface area contributed by atoms with Gasteiger partial charge in [0, 0.05) is 0 Å². The lowest BCUT2D eigenvalue weighted by Crippen LogP contribution is -1.98. The van der Waals surface area contributed by atoms with Gasteiger partial charge in [-0.05, 0) is 31.5 Å². The van der Waals surface area contributed by atoms with Crippen LogP contribution in [-0.2, 0) is 0 Å². The number of nitriles is 1. The Morgan fingerprint density at radius 1 is 1.33 bits per heavy atom. The van der Waals surface area contributed by atoms with Crippen molar-refractivity contribution in [2.75, 3.05) is 0 Å². The first kappa shape index (κ1) is 12.0. The Bertz CT molecular complexity index is 635. The Balaban J connectivity index is 2.43. The van der Waals surface area contributed by atoms with E-state index in [0.717, 1.165) is 5.56 Å². The minimum atomic E-state index is -0.499. The summed E-state index contributed by atoms with van der Waals surface area (Å²) in [5, 5.41) is 8.91. The predicted octanol–water partition coefficient (Wildman–Crippen LogP) is 2.90. The highest BCUT2D eigenvalue weighted by molar-refractivity contribution is 5.40. The van der Waals surface area contributed by atoms with Crippen LogP contribution in [0.5, 0.6) is 11.6 Å². The van der Waals surface area contributed by atoms with E-state index in [9.17, 15) is 4.39 Å². The fourth-order valence-electron chi connectivity index (χ4n) is 1.40. The maximum Gasteiger partial charge on any atom is 0.240 e. The summed E-state index contributed by atoms with van der Waals surface area (Å²) in [5.74, 6) is 0.0666. The van der Waals surface area contributed by atoms with Gasteiger partial charge in [-0.2, -0.15) is 10.2 Å². The third-order valence-electron chi connectivity index (χ3n) is 2.29. The molecule has 18 heavy (non-hydrogen) atoms. The van der Waals surface area contributed by atoms with Crippen molar-refractivity contribution >= 4 is 0 Å². The van der Waals surface area contributed by atoms with Gasteiger partial charge in [-0.1, -0.05) is 6.07 Å². The lowest BCUT2D eigenvalue weighted by molar-refractivity contribution is 0.423. The van der Waals surface area contributed by atoms with Gasteiger partial charge in [0.1, 0.15) is 17.5 Å². The molecule has 0 saturated carbocycles. The monoisotopic (exact) mass is 243 g/mol. The van der Waals surface area contributed by atoms with Crippen molar-refractivity contribution in [3.8, 4) is 17.7 Å². The van der Waals surface area contributed by atoms with Crippen LogP contribution in [0.25, 0.3) is 0 Å². The smallest absolute Gasteiger partial charge is 0.240 e. The quantitative estimate of drug-likeness (QED) is 0.813. The van der Waals surface area contributed by atoms with E-state index >= 15 is 0 Å². The minimum Gasteiger partial charge on any atom is -0.434 e. The number of hydrogen-bond donors (Lipinski definition) is 0. The van der Waals surface area contributed by atoms with Crippen molar-refractivity contribution in [2.45, 2.75) is 13.8 Å². The van der Waals surface area contributed by atoms with Crippen LogP contribution in [0, 0.1) is 31.0 Å². The lowest BCUT2D eigenvalue weighted by atomic mass is 10.2. The molecule has 2 rings (SSSR count). The van der Waals surface area contributed by atoms with Crippen LogP contribution >= 0.6 is 0 Å². The van der Waals surface area contributed by atoms with Gasteiger partial charge < -0.3 is 4.74 Å². The van der Waals surface area contributed by atoms with E-state index in [1.807, 2.05) is 13.0 Å². The van der Waals surface area contributed by atoms with Gasteiger partial charge in [0.25, 0.3) is 0 Å². The number of hydrogen-bond acceptors (Lipinski definition) is 4. The molecule has 2 aromatic rings. The molecule has 0 fully saturated rings. The van der Waals surface area contributed by atoms with Crippen LogP contribution in [-0.4, -0.2) is 9.97 Å². The van der Waals surface area contributed by atoms with Crippen LogP contribution in [0.15, 0.2) is 24.4 Å². The number of benzene rings is 1. The summed E-state index contributed by atoms with van der Waals surface area (Å²) in [6, 6.07) is 6.40. The molecule has 4 nitrogen and oxygen atoms in total. The van der Waals surface area contributed by atoms with Crippen molar-refractivity contribution < 1.29 is 9.13 Å². The zero-order valence-corrected chi connectivity index (χ0v) is 9.94. The van der Waals surface area contributed by atoms with Crippen LogP contribution < -0.4 is 4.74 Å². The molecule has 0 aliphatic heterocycles. The van der Waals surface area contributed by atoms with Gasteiger partial charge in [-0.15, -0.1) is 0 Å². The second-order valence-electron chi connectivity index (χ2n) is 3.78. The molecule has 0 spiro atoms. The number of aromatic nitrogens is 2. The number of aryl methyl sites for hydroxylation is 2. The predicted molar refractivity (Wildman–Crippen MR) is 62.7 cm³/mol. The van der Waals surface area contributed by atoms with Gasteiger partial charge in [0.15, 0.2) is 11.6 Å². The molecule has 0 saturated heterocycles. The molecule has 0 unspecified atom stereocenters. The van der Waals surface area contributed by atoms with E-state index in [1.165, 1.54) is 12.3 Å². The van der Waals surface area contributed by atoms with E-state index in [1.54, 1.807) is 19.1 Å². The Hall–Kier alpha value is -2.48. The zero-order chi connectivity index (χ0) is 13.1. The highest BCUT2D eigenvalue weighted by atomic mass is 19.1. The average Bonchev–Trinajstić information content (AvgIpc) is 2.34. The Morgan fingerprint density at radius 2 is 2.11 bits per heavy atom. The van der Waals surface area contributed by atoms with Gasteiger partial charge >= 0.3 is 0 Å². The van der Waals surface area contributed by atoms with Crippen molar-refractivity contribution in [3.05, 3.63) is 47.2 Å². The van der Waals surface area contributed by atoms with Crippen LogP contribution in [0.2, 0.25) is 0 Å². The molecule has 0 N–H and O–H groups in total. The SMILES string of the molecule is Cc1ccc(F)c(Oc2nc(C)ncc2C#N)c1. The minimum absolute atomic E-state index is 0.0459. The van der Waals surface area contributed by atoms with Crippen LogP contribution in [0.3, 0.4) is 0 Å². The molecule has 0 atom stereocenters. The summed E-state index contributed by atoms with van der Waals surface area (Å²) < 4.78 is 18.9. The molecular formula is C13H10FN3O. The number of nitrogens with zero attached hydrogens (tertiary/aromatic N) is 3. The summed E-state index contributed by atoms with van der Waals surface area (Å²) >= 11 is 0. The highest BCUT2D eigenvalue weighted by Crippen LogP contribution is 2.26. The lowest BCUT2D eigenvalue weighted by Gasteiger charge is -2.08. The molecule has 1 aromatic carbocycles. The summed E-state index contributed by atoms with van der Waals surface area (Å²) in [7, 11) is 0. The van der Waals surface area contributed by atoms with Gasteiger partial charge in [0.05, 0.1) is 6.20 Å². The first-order chi connectivity index (χ1) is 8.60. The topological polar surface area (TPSA) is 58.8 Å². The van der Waals surface area contributed by atoms with Gasteiger partial charge in [-0.3, -0.25) is 0 Å². The van der Waals surface area contributed by atoms with Crippen LogP contribution in [0.1, 0.15) is 17.0 Å². The van der Waals surface area contributed by atoms with Crippen molar-refractivity contribution in [1.82, 2.24) is 9.97 Å². The number of rotatable bonds is 2. The zero-order valence-electron chi connectivity index (χ0n) is 9.94. The van der Waals surface area contributed by atoms with Gasteiger partial charge in [-0.25, -0.2) is 9.37 Å². The Labute approximate surface area is 104 Å². The number of ether oxygens (including phenoxy) is 1. The third-order valence-corrected chi connectivity index (χ3v) is 2.29. The van der Waals surface area contributed by atoms with Gasteiger partial charge in [0.2, 0.25) is 5.88 Å². The van der Waals surface area contributed by atoms with Crippen molar-refractivity contribution in [1.29, 1.82) is 5.26 Å². The summed E-state index contributed by atoms with van der Waals surface area (Å²) in [6.07, 6.45) is 1.35. The Morgan fingerprint density at radius 3 is 2.83 bits per heavy atom. The fourth-order valence-corrected chi connectivity index (χ4v) is 1.40. The molecule has 0 amide bonds. The second-order valence-corrected chi connectivity index (χ2v) is 3.78. The molecule has 0 aliphatic rings. The van der Waals surface area contributed by atoms with E-state index < -0.39 is 5.82 Å². The first-order valence-electron chi connectivity index (χ1n) is 5.28. The molecular weight excluding hydrogens is 233 g/mol. The second kappa shape index (κ2) is 4.80. The average molecular weight is 243 g/mol. The van der Waals surface area contributed by atoms with Crippen LogP contribution in [0.4, 0.5) is 4.39 Å². The molecule has 1 heterocycles. The molecule has 90 valence electrons. The maximum absolute atomic E-state index is 13.5. The number of halogens is 1. The fraction of sp³-hybridized carbons (Fsp3) is 0.154. The largest absolute Gasteiger partial charge is 0.434 e. The summed E-state index contributed by atoms with van der Waals surface area (Å²) in [5.41, 5.74) is 1.03. The summed E-state index contributed by atoms with van der Waals surface area (Å²) in [4.78, 5) is 7.87. The highest BCUT2D eigenvalue weighted by Gasteiger charge is 2.11. The third kappa shape index (κ3) is 2.43. The van der Waals surface area contributed by atoms with Crippen molar-refractivity contribution in [3.63, 3.8) is 0 Å². The first-order valence-corrected chi connectivity index (χ1v) is 5.28. The summed E-state index contributed by atoms with van der Waals surface area (Å²) in [6.45, 7) is 3.49. The van der Waals surface area contributed by atoms with E-state index in [-0.39, 0.29) is 17.2 Å². The molecule has 0 bridgehead atoms. The maximum atomic E-state index is 13.5. The normalized spacial score (nSPS) is 9.89.